The molecule has 92 valence electrons. The van der Waals surface area contributed by atoms with Crippen LogP contribution in [0.15, 0.2) is 24.3 Å². The predicted octanol–water partition coefficient (Wildman–Crippen LogP) is 1.55. The number of carbonyl (C=O) groups is 2. The lowest BCUT2D eigenvalue weighted by Gasteiger charge is -2.06. The van der Waals surface area contributed by atoms with Gasteiger partial charge in [-0.2, -0.15) is 0 Å². The number of amides is 2. The van der Waals surface area contributed by atoms with Crippen LogP contribution in [-0.2, 0) is 4.79 Å². The second-order valence-electron chi connectivity index (χ2n) is 3.54. The molecule has 0 aromatic heterocycles. The average molecular weight is 346 g/mol. The topological polar surface area (TPSA) is 58.2 Å². The fourth-order valence-electron chi connectivity index (χ4n) is 1.19. The molecule has 1 rings (SSSR count). The van der Waals surface area contributed by atoms with Gasteiger partial charge in [0.15, 0.2) is 0 Å². The van der Waals surface area contributed by atoms with E-state index in [1.807, 2.05) is 19.1 Å². The van der Waals surface area contributed by atoms with Crippen molar-refractivity contribution in [2.45, 2.75) is 13.3 Å². The summed E-state index contributed by atoms with van der Waals surface area (Å²) >= 11 is 2.17. The van der Waals surface area contributed by atoms with Crippen molar-refractivity contribution in [3.63, 3.8) is 0 Å². The number of rotatable bonds is 5. The number of halogens is 1. The van der Waals surface area contributed by atoms with Gasteiger partial charge in [-0.3, -0.25) is 9.59 Å². The van der Waals surface area contributed by atoms with E-state index in [0.29, 0.717) is 12.1 Å². The van der Waals surface area contributed by atoms with E-state index in [-0.39, 0.29) is 18.4 Å². The minimum absolute atomic E-state index is 0.0187. The van der Waals surface area contributed by atoms with Gasteiger partial charge in [-0.15, -0.1) is 0 Å². The Labute approximate surface area is 114 Å². The molecule has 0 bridgehead atoms. The van der Waals surface area contributed by atoms with Crippen LogP contribution in [0.5, 0.6) is 0 Å². The lowest BCUT2D eigenvalue weighted by molar-refractivity contribution is -0.120. The van der Waals surface area contributed by atoms with E-state index in [2.05, 4.69) is 33.2 Å². The second kappa shape index (κ2) is 7.26. The molecule has 0 aliphatic heterocycles. The van der Waals surface area contributed by atoms with Crippen LogP contribution in [0.25, 0.3) is 0 Å². The van der Waals surface area contributed by atoms with Crippen LogP contribution in [0.4, 0.5) is 0 Å². The van der Waals surface area contributed by atoms with Gasteiger partial charge in [0.25, 0.3) is 5.91 Å². The van der Waals surface area contributed by atoms with Crippen molar-refractivity contribution < 1.29 is 9.59 Å². The standard InChI is InChI=1S/C12H15IN2O2/c1-2-7-14-11(16)8-15-12(17)9-3-5-10(13)6-4-9/h3-6H,2,7-8H2,1H3,(H,14,16)(H,15,17). The van der Waals surface area contributed by atoms with E-state index in [1.165, 1.54) is 0 Å². The largest absolute Gasteiger partial charge is 0.355 e. The summed E-state index contributed by atoms with van der Waals surface area (Å²) in [5.41, 5.74) is 0.564. The second-order valence-corrected chi connectivity index (χ2v) is 4.79. The van der Waals surface area contributed by atoms with Crippen LogP contribution in [0.3, 0.4) is 0 Å². The van der Waals surface area contributed by atoms with Gasteiger partial charge < -0.3 is 10.6 Å². The fraction of sp³-hybridized carbons (Fsp3) is 0.333. The molecule has 0 radical (unpaired) electrons. The van der Waals surface area contributed by atoms with Crippen LogP contribution >= 0.6 is 22.6 Å². The summed E-state index contributed by atoms with van der Waals surface area (Å²) in [4.78, 5) is 22.9. The van der Waals surface area contributed by atoms with Crippen molar-refractivity contribution in [3.05, 3.63) is 33.4 Å². The molecule has 4 nitrogen and oxygen atoms in total. The molecule has 2 N–H and O–H groups in total. The third kappa shape index (κ3) is 5.16. The summed E-state index contributed by atoms with van der Waals surface area (Å²) in [6.45, 7) is 2.63. The maximum atomic E-state index is 11.6. The number of benzene rings is 1. The van der Waals surface area contributed by atoms with E-state index in [4.69, 9.17) is 0 Å². The van der Waals surface area contributed by atoms with Gasteiger partial charge in [-0.25, -0.2) is 0 Å². The van der Waals surface area contributed by atoms with Crippen molar-refractivity contribution in [1.82, 2.24) is 10.6 Å². The Morgan fingerprint density at radius 3 is 2.41 bits per heavy atom. The van der Waals surface area contributed by atoms with E-state index < -0.39 is 0 Å². The molecular formula is C12H15IN2O2. The predicted molar refractivity (Wildman–Crippen MR) is 74.8 cm³/mol. The molecule has 17 heavy (non-hydrogen) atoms. The summed E-state index contributed by atoms with van der Waals surface area (Å²) in [5.74, 6) is -0.390. The average Bonchev–Trinajstić information content (AvgIpc) is 2.34. The lowest BCUT2D eigenvalue weighted by atomic mass is 10.2. The zero-order valence-corrected chi connectivity index (χ0v) is 11.8. The minimum Gasteiger partial charge on any atom is -0.355 e. The normalized spacial score (nSPS) is 9.76. The van der Waals surface area contributed by atoms with E-state index in [0.717, 1.165) is 9.99 Å². The van der Waals surface area contributed by atoms with Gasteiger partial charge in [0.05, 0.1) is 6.54 Å². The molecule has 0 fully saturated rings. The van der Waals surface area contributed by atoms with Crippen molar-refractivity contribution in [1.29, 1.82) is 0 Å². The molecule has 1 aromatic carbocycles. The lowest BCUT2D eigenvalue weighted by Crippen LogP contribution is -2.37. The Balaban J connectivity index is 2.39. The smallest absolute Gasteiger partial charge is 0.251 e. The van der Waals surface area contributed by atoms with Crippen LogP contribution in [0.2, 0.25) is 0 Å². The molecule has 0 aliphatic rings. The molecule has 2 amide bonds. The van der Waals surface area contributed by atoms with E-state index in [9.17, 15) is 9.59 Å². The minimum atomic E-state index is -0.229. The Morgan fingerprint density at radius 1 is 1.18 bits per heavy atom. The van der Waals surface area contributed by atoms with Crippen LogP contribution in [0, 0.1) is 3.57 Å². The highest BCUT2D eigenvalue weighted by molar-refractivity contribution is 14.1. The zero-order chi connectivity index (χ0) is 12.7. The third-order valence-corrected chi connectivity index (χ3v) is 2.81. The Morgan fingerprint density at radius 2 is 1.82 bits per heavy atom. The molecule has 0 heterocycles. The number of hydrogen-bond acceptors (Lipinski definition) is 2. The first-order valence-electron chi connectivity index (χ1n) is 5.44. The maximum absolute atomic E-state index is 11.6. The van der Waals surface area contributed by atoms with Gasteiger partial charge in [-0.05, 0) is 53.3 Å². The Hall–Kier alpha value is -1.11. The quantitative estimate of drug-likeness (QED) is 0.795. The molecule has 0 saturated carbocycles. The highest BCUT2D eigenvalue weighted by Gasteiger charge is 2.06. The van der Waals surface area contributed by atoms with Gasteiger partial charge >= 0.3 is 0 Å². The molecule has 0 saturated heterocycles. The van der Waals surface area contributed by atoms with Crippen molar-refractivity contribution in [2.24, 2.45) is 0 Å². The summed E-state index contributed by atoms with van der Waals surface area (Å²) < 4.78 is 1.07. The highest BCUT2D eigenvalue weighted by Crippen LogP contribution is 2.06. The molecule has 0 unspecified atom stereocenters. The maximum Gasteiger partial charge on any atom is 0.251 e. The first-order chi connectivity index (χ1) is 8.13. The summed E-state index contributed by atoms with van der Waals surface area (Å²) in [7, 11) is 0. The van der Waals surface area contributed by atoms with Crippen LogP contribution in [0.1, 0.15) is 23.7 Å². The fourth-order valence-corrected chi connectivity index (χ4v) is 1.55. The molecule has 1 aromatic rings. The molecule has 0 spiro atoms. The first-order valence-corrected chi connectivity index (χ1v) is 6.52. The number of hydrogen-bond donors (Lipinski definition) is 2. The van der Waals surface area contributed by atoms with Gasteiger partial charge in [0.2, 0.25) is 5.91 Å². The summed E-state index contributed by atoms with van der Waals surface area (Å²) in [5, 5.41) is 5.27. The third-order valence-electron chi connectivity index (χ3n) is 2.09. The van der Waals surface area contributed by atoms with Gasteiger partial charge in [-0.1, -0.05) is 6.92 Å². The SMILES string of the molecule is CCCNC(=O)CNC(=O)c1ccc(I)cc1. The Kier molecular flexibility index (Phi) is 5.96. The summed E-state index contributed by atoms with van der Waals surface area (Å²) in [6.07, 6.45) is 0.886. The van der Waals surface area contributed by atoms with Crippen molar-refractivity contribution >= 4 is 34.4 Å². The van der Waals surface area contributed by atoms with Gasteiger partial charge in [0.1, 0.15) is 0 Å². The molecule has 0 aliphatic carbocycles. The molecule has 5 heteroatoms. The highest BCUT2D eigenvalue weighted by atomic mass is 127. The summed E-state index contributed by atoms with van der Waals surface area (Å²) in [6, 6.07) is 7.18. The van der Waals surface area contributed by atoms with Crippen LogP contribution < -0.4 is 10.6 Å². The molecule has 0 atom stereocenters. The zero-order valence-electron chi connectivity index (χ0n) is 9.63. The van der Waals surface area contributed by atoms with Crippen molar-refractivity contribution in [2.75, 3.05) is 13.1 Å². The van der Waals surface area contributed by atoms with Gasteiger partial charge in [0, 0.05) is 15.7 Å². The molecular weight excluding hydrogens is 331 g/mol. The number of carbonyl (C=O) groups excluding carboxylic acids is 2. The Bertz CT molecular complexity index is 390. The monoisotopic (exact) mass is 346 g/mol. The van der Waals surface area contributed by atoms with Crippen LogP contribution in [-0.4, -0.2) is 24.9 Å². The van der Waals surface area contributed by atoms with Crippen molar-refractivity contribution in [3.8, 4) is 0 Å². The van der Waals surface area contributed by atoms with E-state index in [1.54, 1.807) is 12.1 Å². The number of nitrogens with one attached hydrogen (secondary N) is 2. The first kappa shape index (κ1) is 14.0. The van der Waals surface area contributed by atoms with E-state index >= 15 is 0 Å².